The van der Waals surface area contributed by atoms with E-state index in [2.05, 4.69) is 16.0 Å². The number of hydrogen-bond donors (Lipinski definition) is 5. The maximum Gasteiger partial charge on any atom is 0.514 e. The van der Waals surface area contributed by atoms with Crippen LogP contribution in [0.4, 0.5) is 36.2 Å². The number of anilines is 1. The molecule has 28 nitrogen and oxygen atoms in total. The van der Waals surface area contributed by atoms with Crippen LogP contribution in [0.25, 0.3) is 0 Å². The van der Waals surface area contributed by atoms with Crippen molar-refractivity contribution >= 4 is 61.5 Å². The third kappa shape index (κ3) is 23.6. The normalized spacial score (nSPS) is 16.1. The molecule has 2 aliphatic rings. The van der Waals surface area contributed by atoms with Crippen LogP contribution in [-0.4, -0.2) is 162 Å². The zero-order valence-electron chi connectivity index (χ0n) is 51.7. The second-order valence-corrected chi connectivity index (χ2v) is 26.4. The van der Waals surface area contributed by atoms with E-state index in [-0.39, 0.29) is 77.8 Å². The quantitative estimate of drug-likeness (QED) is 0.00538. The number of nitrogen functional groups attached to an aromatic ring is 1. The first kappa shape index (κ1) is 72.5. The lowest BCUT2D eigenvalue weighted by atomic mass is 10.0. The fraction of sp³-hybridized carbons (Fsp3) is 0.452. The molecule has 2 aliphatic heterocycles. The first-order valence-electron chi connectivity index (χ1n) is 30.0. The molecule has 7 rings (SSSR count). The highest BCUT2D eigenvalue weighted by molar-refractivity contribution is 7.89. The third-order valence-electron chi connectivity index (χ3n) is 14.2. The van der Waals surface area contributed by atoms with E-state index in [0.717, 1.165) is 52.7 Å². The number of rotatable bonds is 31. The Morgan fingerprint density at radius 3 is 1.41 bits per heavy atom. The lowest BCUT2D eigenvalue weighted by Gasteiger charge is -2.33. The molecule has 5 aromatic carbocycles. The standard InChI is InChI=1S/C32H36N4O12S.C30H45N5O7S/c1-22(2)19-34(49(43,44)28-14-10-25(11-15-28)36(41)42)20-30(48-32(38)47-26-12-8-24(9-13-26)35(39)40)29(18-23-6-4-3-5-7-23)33-31(37)46-27-16-17-45-21-27;1-22(2)19-35(43(38,39)26-12-10-24(32)11-13-26)20-28(42-29(36)33-16-7-6-15-31)27(18-23-8-4-3-5-9-23)34-30(37)41-25-14-17-40-21-25/h3-15,22,27,29-30H,16-21H2,1-2H3,(H,33,37);3-5,8-13,22,25,27-28H,6-7,14-21,31-32H2,1-2H3,(H,33,36)(H,34,37)/t27-,29-,30+;25-,27-,28+/m00/s1. The molecule has 0 aromatic heterocycles. The van der Waals surface area contributed by atoms with Crippen LogP contribution in [0.15, 0.2) is 143 Å². The van der Waals surface area contributed by atoms with Crippen molar-refractivity contribution in [3.05, 3.63) is 165 Å². The van der Waals surface area contributed by atoms with Gasteiger partial charge in [0.2, 0.25) is 20.0 Å². The van der Waals surface area contributed by atoms with E-state index >= 15 is 0 Å². The van der Waals surface area contributed by atoms with E-state index in [1.807, 2.05) is 44.2 Å². The van der Waals surface area contributed by atoms with Crippen LogP contribution in [-0.2, 0) is 61.3 Å². The Kier molecular flexibility index (Phi) is 28.3. The summed E-state index contributed by atoms with van der Waals surface area (Å²) in [5, 5.41) is 30.5. The molecule has 500 valence electrons. The van der Waals surface area contributed by atoms with E-state index in [0.29, 0.717) is 63.4 Å². The number of nitrogens with one attached hydrogen (secondary N) is 3. The summed E-state index contributed by atoms with van der Waals surface area (Å²) >= 11 is 0. The first-order valence-corrected chi connectivity index (χ1v) is 32.8. The summed E-state index contributed by atoms with van der Waals surface area (Å²) in [6, 6.07) is 31.3. The number of carbonyl (C=O) groups is 4. The van der Waals surface area contributed by atoms with Crippen LogP contribution < -0.4 is 32.2 Å². The number of benzene rings is 5. The largest absolute Gasteiger partial charge is 0.514 e. The number of non-ortho nitro benzene ring substituents is 2. The fourth-order valence-electron chi connectivity index (χ4n) is 9.62. The molecule has 6 atom stereocenters. The highest BCUT2D eigenvalue weighted by Gasteiger charge is 2.38. The number of carbonyl (C=O) groups excluding carboxylic acids is 4. The van der Waals surface area contributed by atoms with Gasteiger partial charge in [-0.05, 0) is 104 Å². The highest BCUT2D eigenvalue weighted by atomic mass is 32.2. The molecule has 0 radical (unpaired) electrons. The highest BCUT2D eigenvalue weighted by Crippen LogP contribution is 2.26. The number of unbranched alkanes of at least 4 members (excludes halogenated alkanes) is 1. The second kappa shape index (κ2) is 35.9. The minimum Gasteiger partial charge on any atom is -0.444 e. The second-order valence-electron chi connectivity index (χ2n) is 22.5. The average molecular weight is 1320 g/mol. The molecular weight excluding hydrogens is 1240 g/mol. The zero-order valence-corrected chi connectivity index (χ0v) is 53.3. The van der Waals surface area contributed by atoms with Gasteiger partial charge in [0.1, 0.15) is 30.2 Å². The first-order chi connectivity index (χ1) is 43.9. The molecule has 0 spiro atoms. The molecule has 5 aromatic rings. The molecule has 2 fully saturated rings. The van der Waals surface area contributed by atoms with Crippen molar-refractivity contribution < 1.29 is 79.0 Å². The van der Waals surface area contributed by atoms with Crippen molar-refractivity contribution in [3.8, 4) is 5.75 Å². The number of alkyl carbamates (subject to hydrolysis) is 3. The van der Waals surface area contributed by atoms with Gasteiger partial charge in [0.15, 0.2) is 0 Å². The van der Waals surface area contributed by atoms with Gasteiger partial charge in [-0.1, -0.05) is 88.4 Å². The smallest absolute Gasteiger partial charge is 0.444 e. The van der Waals surface area contributed by atoms with Gasteiger partial charge in [-0.2, -0.15) is 8.61 Å². The maximum absolute atomic E-state index is 14.0. The van der Waals surface area contributed by atoms with Crippen molar-refractivity contribution in [2.24, 2.45) is 17.6 Å². The number of sulfonamides is 2. The van der Waals surface area contributed by atoms with E-state index in [9.17, 15) is 56.2 Å². The van der Waals surface area contributed by atoms with E-state index < -0.39 is 97.4 Å². The van der Waals surface area contributed by atoms with Gasteiger partial charge in [0.05, 0.1) is 71.2 Å². The van der Waals surface area contributed by atoms with Gasteiger partial charge in [0.25, 0.3) is 11.4 Å². The molecule has 2 heterocycles. The molecule has 0 aliphatic carbocycles. The van der Waals surface area contributed by atoms with Crippen LogP contribution >= 0.6 is 0 Å². The van der Waals surface area contributed by atoms with Crippen LogP contribution in [0, 0.1) is 32.1 Å². The Bertz CT molecular complexity index is 3380. The maximum atomic E-state index is 14.0. The van der Waals surface area contributed by atoms with Crippen LogP contribution in [0.3, 0.4) is 0 Å². The van der Waals surface area contributed by atoms with Crippen LogP contribution in [0.5, 0.6) is 5.75 Å². The number of nitro benzene ring substituents is 2. The lowest BCUT2D eigenvalue weighted by molar-refractivity contribution is -0.385. The number of ether oxygens (including phenoxy) is 7. The van der Waals surface area contributed by atoms with E-state index in [1.165, 1.54) is 40.7 Å². The molecule has 0 saturated carbocycles. The molecule has 30 heteroatoms. The minimum atomic E-state index is -4.34. The number of nitro groups is 2. The Balaban J connectivity index is 0.000000295. The van der Waals surface area contributed by atoms with Crippen molar-refractivity contribution in [3.63, 3.8) is 0 Å². The summed E-state index contributed by atoms with van der Waals surface area (Å²) in [7, 11) is -8.37. The molecule has 92 heavy (non-hydrogen) atoms. The summed E-state index contributed by atoms with van der Waals surface area (Å²) in [6.07, 6.45) is -4.17. The van der Waals surface area contributed by atoms with Crippen molar-refractivity contribution in [1.82, 2.24) is 24.6 Å². The van der Waals surface area contributed by atoms with Gasteiger partial charge < -0.3 is 60.6 Å². The molecular formula is C62H81N9O19S2. The number of nitrogens with zero attached hydrogens (tertiary/aromatic N) is 4. The fourth-order valence-corrected chi connectivity index (χ4v) is 12.9. The van der Waals surface area contributed by atoms with E-state index in [4.69, 9.17) is 44.6 Å². The Morgan fingerprint density at radius 1 is 0.587 bits per heavy atom. The molecule has 3 amide bonds. The zero-order chi connectivity index (χ0) is 66.8. The summed E-state index contributed by atoms with van der Waals surface area (Å²) in [5.74, 6) is -0.365. The van der Waals surface area contributed by atoms with Crippen molar-refractivity contribution in [2.45, 2.75) is 113 Å². The van der Waals surface area contributed by atoms with Gasteiger partial charge in [-0.25, -0.2) is 36.0 Å². The number of hydrogen-bond acceptors (Lipinski definition) is 21. The van der Waals surface area contributed by atoms with Crippen LogP contribution in [0.1, 0.15) is 64.5 Å². The topological polar surface area (TPSA) is 382 Å². The Morgan fingerprint density at radius 2 is 1.01 bits per heavy atom. The summed E-state index contributed by atoms with van der Waals surface area (Å²) in [5.41, 5.74) is 12.8. The van der Waals surface area contributed by atoms with Gasteiger partial charge in [-0.3, -0.25) is 20.2 Å². The minimum absolute atomic E-state index is 0.0536. The molecule has 0 unspecified atom stereocenters. The molecule has 2 saturated heterocycles. The van der Waals surface area contributed by atoms with Crippen LogP contribution in [0.2, 0.25) is 0 Å². The number of nitrogens with two attached hydrogens (primary N) is 2. The number of amides is 3. The van der Waals surface area contributed by atoms with Crippen molar-refractivity contribution in [2.75, 3.05) is 71.4 Å². The van der Waals surface area contributed by atoms with Gasteiger partial charge >= 0.3 is 24.4 Å². The van der Waals surface area contributed by atoms with Crippen molar-refractivity contribution in [1.29, 1.82) is 0 Å². The summed E-state index contributed by atoms with van der Waals surface area (Å²) < 4.78 is 96.7. The molecule has 7 N–H and O–H groups in total. The lowest BCUT2D eigenvalue weighted by Crippen LogP contribution is -2.54. The monoisotopic (exact) mass is 1320 g/mol. The van der Waals surface area contributed by atoms with Gasteiger partial charge in [-0.15, -0.1) is 0 Å². The predicted molar refractivity (Wildman–Crippen MR) is 337 cm³/mol. The average Bonchev–Trinajstić information content (AvgIpc) is 0.898. The SMILES string of the molecule is CC(C)CN(C[C@@H](OC(=O)NCCCCN)[C@H](Cc1ccccc1)NC(=O)O[C@H]1CCOC1)S(=O)(=O)c1ccc(N)cc1.CC(C)CN(C[C@@H](OC(=O)Oc1ccc([N+](=O)[O-])cc1)[C@H](Cc1ccccc1)NC(=O)O[C@H]1CCOC1)S(=O)(=O)c1ccc([N+](=O)[O-])cc1. The summed E-state index contributed by atoms with van der Waals surface area (Å²) in [6.45, 7) is 8.97. The summed E-state index contributed by atoms with van der Waals surface area (Å²) in [4.78, 5) is 73.2. The molecule has 0 bridgehead atoms. The van der Waals surface area contributed by atoms with E-state index in [1.54, 1.807) is 44.2 Å². The Hall–Kier alpha value is -8.52. The Labute approximate surface area is 534 Å². The third-order valence-corrected chi connectivity index (χ3v) is 17.9. The van der Waals surface area contributed by atoms with Gasteiger partial charge in [0, 0.05) is 62.4 Å². The predicted octanol–water partition coefficient (Wildman–Crippen LogP) is 7.74.